The fourth-order valence-corrected chi connectivity index (χ4v) is 4.56. The Bertz CT molecular complexity index is 1110. The van der Waals surface area contributed by atoms with Gasteiger partial charge in [-0.05, 0) is 55.7 Å². The van der Waals surface area contributed by atoms with Crippen LogP contribution in [0.25, 0.3) is 0 Å². The van der Waals surface area contributed by atoms with Gasteiger partial charge >= 0.3 is 0 Å². The molecule has 3 aromatic rings. The number of halogens is 1. The first kappa shape index (κ1) is 22.3. The summed E-state index contributed by atoms with van der Waals surface area (Å²) < 4.78 is 5.84. The van der Waals surface area contributed by atoms with Crippen molar-refractivity contribution in [3.05, 3.63) is 75.8 Å². The molecule has 0 atom stereocenters. The van der Waals surface area contributed by atoms with Gasteiger partial charge in [-0.2, -0.15) is 0 Å². The molecule has 2 amide bonds. The Hall–Kier alpha value is -2.90. The average Bonchev–Trinajstić information content (AvgIpc) is 3.22. The molecule has 0 aliphatic carbocycles. The number of nitrogens with zero attached hydrogens (tertiary/aromatic N) is 2. The lowest BCUT2D eigenvalue weighted by Gasteiger charge is -2.31. The summed E-state index contributed by atoms with van der Waals surface area (Å²) in [7, 11) is 0. The molecule has 1 aliphatic heterocycles. The van der Waals surface area contributed by atoms with Crippen molar-refractivity contribution in [3.63, 3.8) is 0 Å². The quantitative estimate of drug-likeness (QED) is 0.540. The SMILES string of the molecule is Cc1csc(NC(=O)C2CCN(C(=O)c3cccc(OCc4cccc(Cl)c4)c3)CC2)n1. The van der Waals surface area contributed by atoms with Crippen LogP contribution in [0, 0.1) is 12.8 Å². The number of anilines is 1. The number of hydrogen-bond donors (Lipinski definition) is 1. The van der Waals surface area contributed by atoms with Crippen LogP contribution in [0.1, 0.15) is 34.5 Å². The van der Waals surface area contributed by atoms with Gasteiger partial charge < -0.3 is 15.0 Å². The zero-order chi connectivity index (χ0) is 22.5. The number of aryl methyl sites for hydroxylation is 1. The minimum absolute atomic E-state index is 0.0251. The lowest BCUT2D eigenvalue weighted by atomic mass is 9.95. The number of likely N-dealkylation sites (tertiary alicyclic amines) is 1. The Morgan fingerprint density at radius 3 is 2.69 bits per heavy atom. The fraction of sp³-hybridized carbons (Fsp3) is 0.292. The normalized spacial score (nSPS) is 14.2. The van der Waals surface area contributed by atoms with E-state index >= 15 is 0 Å². The summed E-state index contributed by atoms with van der Waals surface area (Å²) >= 11 is 7.44. The molecule has 1 aromatic heterocycles. The second-order valence-corrected chi connectivity index (χ2v) is 9.09. The molecule has 0 radical (unpaired) electrons. The molecule has 8 heteroatoms. The largest absolute Gasteiger partial charge is 0.489 e. The van der Waals surface area contributed by atoms with Gasteiger partial charge in [0.2, 0.25) is 5.91 Å². The van der Waals surface area contributed by atoms with Crippen molar-refractivity contribution in [3.8, 4) is 5.75 Å². The molecule has 1 aliphatic rings. The molecule has 1 fully saturated rings. The molecular weight excluding hydrogens is 446 g/mol. The number of aromatic nitrogens is 1. The monoisotopic (exact) mass is 469 g/mol. The minimum Gasteiger partial charge on any atom is -0.489 e. The van der Waals surface area contributed by atoms with E-state index in [-0.39, 0.29) is 17.7 Å². The maximum Gasteiger partial charge on any atom is 0.253 e. The van der Waals surface area contributed by atoms with Gasteiger partial charge in [0.1, 0.15) is 12.4 Å². The highest BCUT2D eigenvalue weighted by Crippen LogP contribution is 2.24. The third-order valence-electron chi connectivity index (χ3n) is 5.38. The highest BCUT2D eigenvalue weighted by molar-refractivity contribution is 7.13. The van der Waals surface area contributed by atoms with E-state index in [4.69, 9.17) is 16.3 Å². The summed E-state index contributed by atoms with van der Waals surface area (Å²) in [6.45, 7) is 3.35. The first-order chi connectivity index (χ1) is 15.5. The first-order valence-electron chi connectivity index (χ1n) is 10.5. The van der Waals surface area contributed by atoms with Crippen LogP contribution in [0.4, 0.5) is 5.13 Å². The molecule has 0 saturated carbocycles. The number of piperidine rings is 1. The third kappa shape index (κ3) is 5.66. The van der Waals surface area contributed by atoms with E-state index < -0.39 is 0 Å². The average molecular weight is 470 g/mol. The summed E-state index contributed by atoms with van der Waals surface area (Å²) in [5, 5.41) is 6.08. The van der Waals surface area contributed by atoms with Gasteiger partial charge in [0.15, 0.2) is 5.13 Å². The fourth-order valence-electron chi connectivity index (χ4n) is 3.66. The van der Waals surface area contributed by atoms with Crippen LogP contribution in [-0.4, -0.2) is 34.8 Å². The molecule has 2 aromatic carbocycles. The lowest BCUT2D eigenvalue weighted by Crippen LogP contribution is -2.41. The van der Waals surface area contributed by atoms with Gasteiger partial charge in [0.05, 0.1) is 5.69 Å². The van der Waals surface area contributed by atoms with Crippen molar-refractivity contribution >= 4 is 39.9 Å². The smallest absolute Gasteiger partial charge is 0.253 e. The number of carbonyl (C=O) groups excluding carboxylic acids is 2. The standard InChI is InChI=1S/C24H24ClN3O3S/c1-16-15-32-24(26-16)27-22(29)18-8-10-28(11-9-18)23(30)19-5-3-7-21(13-19)31-14-17-4-2-6-20(25)12-17/h2-7,12-13,15,18H,8-11,14H2,1H3,(H,26,27,29). The zero-order valence-corrected chi connectivity index (χ0v) is 19.3. The van der Waals surface area contributed by atoms with Gasteiger partial charge in [-0.15, -0.1) is 11.3 Å². The molecule has 0 unspecified atom stereocenters. The predicted molar refractivity (Wildman–Crippen MR) is 126 cm³/mol. The molecule has 32 heavy (non-hydrogen) atoms. The Morgan fingerprint density at radius 1 is 1.19 bits per heavy atom. The number of carbonyl (C=O) groups is 2. The third-order valence-corrected chi connectivity index (χ3v) is 6.49. The van der Waals surface area contributed by atoms with E-state index in [2.05, 4.69) is 10.3 Å². The maximum atomic E-state index is 13.0. The summed E-state index contributed by atoms with van der Waals surface area (Å²) in [5.74, 6) is 0.440. The van der Waals surface area contributed by atoms with Crippen molar-refractivity contribution in [2.75, 3.05) is 18.4 Å². The van der Waals surface area contributed by atoms with E-state index in [9.17, 15) is 9.59 Å². The molecule has 0 spiro atoms. The summed E-state index contributed by atoms with van der Waals surface area (Å²) in [6, 6.07) is 14.7. The number of benzene rings is 2. The Kier molecular flexibility index (Phi) is 7.07. The van der Waals surface area contributed by atoms with Gasteiger partial charge in [-0.25, -0.2) is 4.98 Å². The topological polar surface area (TPSA) is 71.5 Å². The van der Waals surface area contributed by atoms with Crippen LogP contribution in [0.3, 0.4) is 0 Å². The molecule has 1 saturated heterocycles. The number of rotatable bonds is 6. The van der Waals surface area contributed by atoms with Crippen LogP contribution in [0.15, 0.2) is 53.9 Å². The molecule has 166 valence electrons. The van der Waals surface area contributed by atoms with Gasteiger partial charge in [0.25, 0.3) is 5.91 Å². The molecule has 6 nitrogen and oxygen atoms in total. The van der Waals surface area contributed by atoms with Crippen LogP contribution >= 0.6 is 22.9 Å². The van der Waals surface area contributed by atoms with Crippen molar-refractivity contribution in [2.24, 2.45) is 5.92 Å². The number of amides is 2. The highest BCUT2D eigenvalue weighted by Gasteiger charge is 2.28. The van der Waals surface area contributed by atoms with E-state index in [0.717, 1.165) is 11.3 Å². The van der Waals surface area contributed by atoms with Crippen molar-refractivity contribution < 1.29 is 14.3 Å². The second-order valence-electron chi connectivity index (χ2n) is 7.80. The van der Waals surface area contributed by atoms with E-state index in [1.54, 1.807) is 17.0 Å². The Labute approximate surface area is 196 Å². The van der Waals surface area contributed by atoms with Crippen LogP contribution < -0.4 is 10.1 Å². The number of nitrogens with one attached hydrogen (secondary N) is 1. The van der Waals surface area contributed by atoms with Crippen LogP contribution in [0.2, 0.25) is 5.02 Å². The summed E-state index contributed by atoms with van der Waals surface area (Å²) in [6.07, 6.45) is 1.26. The molecule has 0 bridgehead atoms. The zero-order valence-electron chi connectivity index (χ0n) is 17.7. The van der Waals surface area contributed by atoms with Gasteiger partial charge in [-0.3, -0.25) is 9.59 Å². The Morgan fingerprint density at radius 2 is 1.97 bits per heavy atom. The lowest BCUT2D eigenvalue weighted by molar-refractivity contribution is -0.121. The highest BCUT2D eigenvalue weighted by atomic mass is 35.5. The minimum atomic E-state index is -0.115. The predicted octanol–water partition coefficient (Wildman–Crippen LogP) is 5.17. The van der Waals surface area contributed by atoms with E-state index in [1.165, 1.54) is 11.3 Å². The van der Waals surface area contributed by atoms with Crippen molar-refractivity contribution in [2.45, 2.75) is 26.4 Å². The first-order valence-corrected chi connectivity index (χ1v) is 11.7. The van der Waals surface area contributed by atoms with Crippen molar-refractivity contribution in [1.82, 2.24) is 9.88 Å². The molecular formula is C24H24ClN3O3S. The van der Waals surface area contributed by atoms with Crippen LogP contribution in [0.5, 0.6) is 5.75 Å². The Balaban J connectivity index is 1.31. The van der Waals surface area contributed by atoms with Crippen molar-refractivity contribution in [1.29, 1.82) is 0 Å². The van der Waals surface area contributed by atoms with E-state index in [1.807, 2.05) is 48.7 Å². The van der Waals surface area contributed by atoms with Crippen LogP contribution in [-0.2, 0) is 11.4 Å². The number of ether oxygens (including phenoxy) is 1. The molecule has 1 N–H and O–H groups in total. The number of thiazole rings is 1. The second kappa shape index (κ2) is 10.1. The van der Waals surface area contributed by atoms with E-state index in [0.29, 0.717) is 54.0 Å². The maximum absolute atomic E-state index is 13.0. The summed E-state index contributed by atoms with van der Waals surface area (Å²) in [5.41, 5.74) is 2.43. The summed E-state index contributed by atoms with van der Waals surface area (Å²) in [4.78, 5) is 31.6. The van der Waals surface area contributed by atoms with Gasteiger partial charge in [0, 0.05) is 35.0 Å². The number of hydrogen-bond acceptors (Lipinski definition) is 5. The molecule has 4 rings (SSSR count). The van der Waals surface area contributed by atoms with Gasteiger partial charge in [-0.1, -0.05) is 29.8 Å². The molecule has 2 heterocycles.